The molecule has 0 spiro atoms. The number of hydrogen-bond donors (Lipinski definition) is 2. The molecule has 1 saturated carbocycles. The van der Waals surface area contributed by atoms with Crippen molar-refractivity contribution in [2.75, 3.05) is 5.73 Å². The Bertz CT molecular complexity index is 692. The van der Waals surface area contributed by atoms with Gasteiger partial charge in [-0.05, 0) is 36.7 Å². The van der Waals surface area contributed by atoms with E-state index in [-0.39, 0.29) is 22.3 Å². The van der Waals surface area contributed by atoms with Gasteiger partial charge in [0.05, 0.1) is 4.90 Å². The van der Waals surface area contributed by atoms with Crippen molar-refractivity contribution in [1.82, 2.24) is 14.8 Å². The Labute approximate surface area is 110 Å². The molecule has 0 aliphatic heterocycles. The molecule has 0 amide bonds. The number of H-pyrrole nitrogens is 1. The average molecular weight is 284 g/mol. The lowest BCUT2D eigenvalue weighted by Crippen LogP contribution is -2.16. The number of aromatic nitrogens is 3. The lowest BCUT2D eigenvalue weighted by molar-refractivity contribution is 0.492. The van der Waals surface area contributed by atoms with Gasteiger partial charge in [0.2, 0.25) is 0 Å². The second kappa shape index (κ2) is 4.37. The van der Waals surface area contributed by atoms with Crippen molar-refractivity contribution in [2.24, 2.45) is 0 Å². The fourth-order valence-corrected chi connectivity index (χ4v) is 2.74. The number of nitrogens with one attached hydrogen (secondary N) is 1. The van der Waals surface area contributed by atoms with Crippen LogP contribution in [0.2, 0.25) is 0 Å². The molecule has 3 N–H and O–H groups in total. The summed E-state index contributed by atoms with van der Waals surface area (Å²) in [5.74, 6) is -2.00. The standard InChI is InChI=1S/C11H10F2N4OS/c12-6-3-4-7(14)9(8(6)13)19-11-16-15-10(18)17(11)5-1-2-5/h3-5H,1-2,14H2,(H,15,18). The van der Waals surface area contributed by atoms with Gasteiger partial charge in [0.25, 0.3) is 0 Å². The number of halogens is 2. The van der Waals surface area contributed by atoms with Crippen LogP contribution in [0.15, 0.2) is 27.0 Å². The molecule has 100 valence electrons. The Morgan fingerprint density at radius 3 is 2.84 bits per heavy atom. The van der Waals surface area contributed by atoms with E-state index in [0.717, 1.165) is 30.7 Å². The van der Waals surface area contributed by atoms with Crippen LogP contribution in [0, 0.1) is 11.6 Å². The first-order valence-corrected chi connectivity index (χ1v) is 6.48. The van der Waals surface area contributed by atoms with Gasteiger partial charge in [0, 0.05) is 11.7 Å². The summed E-state index contributed by atoms with van der Waals surface area (Å²) in [5.41, 5.74) is 5.40. The van der Waals surface area contributed by atoms with Gasteiger partial charge < -0.3 is 5.73 Å². The van der Waals surface area contributed by atoms with E-state index in [1.807, 2.05) is 0 Å². The van der Waals surface area contributed by atoms with E-state index in [2.05, 4.69) is 10.2 Å². The molecule has 1 aliphatic rings. The van der Waals surface area contributed by atoms with Crippen LogP contribution in [-0.2, 0) is 0 Å². The normalized spacial score (nSPS) is 14.8. The van der Waals surface area contributed by atoms with Crippen molar-refractivity contribution in [3.05, 3.63) is 34.3 Å². The van der Waals surface area contributed by atoms with Gasteiger partial charge >= 0.3 is 5.69 Å². The molecule has 19 heavy (non-hydrogen) atoms. The highest BCUT2D eigenvalue weighted by Crippen LogP contribution is 2.39. The molecule has 0 saturated heterocycles. The van der Waals surface area contributed by atoms with Gasteiger partial charge in [-0.1, -0.05) is 0 Å². The summed E-state index contributed by atoms with van der Waals surface area (Å²) in [5, 5.41) is 6.43. The zero-order valence-electron chi connectivity index (χ0n) is 9.69. The Balaban J connectivity index is 2.02. The summed E-state index contributed by atoms with van der Waals surface area (Å²) in [7, 11) is 0. The highest BCUT2D eigenvalue weighted by Gasteiger charge is 2.29. The first kappa shape index (κ1) is 12.2. The lowest BCUT2D eigenvalue weighted by Gasteiger charge is -2.07. The van der Waals surface area contributed by atoms with E-state index in [1.54, 1.807) is 0 Å². The van der Waals surface area contributed by atoms with Crippen LogP contribution in [0.25, 0.3) is 0 Å². The third-order valence-electron chi connectivity index (χ3n) is 2.86. The second-order valence-corrected chi connectivity index (χ2v) is 5.27. The minimum Gasteiger partial charge on any atom is -0.398 e. The maximum Gasteiger partial charge on any atom is 0.344 e. The zero-order chi connectivity index (χ0) is 13.6. The number of anilines is 1. The summed E-state index contributed by atoms with van der Waals surface area (Å²) in [6.07, 6.45) is 1.77. The number of aromatic amines is 1. The van der Waals surface area contributed by atoms with Gasteiger partial charge in [0.15, 0.2) is 16.8 Å². The zero-order valence-corrected chi connectivity index (χ0v) is 10.5. The van der Waals surface area contributed by atoms with E-state index >= 15 is 0 Å². The summed E-state index contributed by atoms with van der Waals surface area (Å²) >= 11 is 0.851. The Hall–Kier alpha value is -1.83. The summed E-state index contributed by atoms with van der Waals surface area (Å²) in [6, 6.07) is 2.34. The fourth-order valence-electron chi connectivity index (χ4n) is 1.76. The third kappa shape index (κ3) is 2.12. The molecule has 0 atom stereocenters. The van der Waals surface area contributed by atoms with Gasteiger partial charge in [-0.3, -0.25) is 4.57 Å². The molecule has 0 radical (unpaired) electrons. The van der Waals surface area contributed by atoms with E-state index in [1.165, 1.54) is 10.6 Å². The Kier molecular flexibility index (Phi) is 2.81. The summed E-state index contributed by atoms with van der Waals surface area (Å²) < 4.78 is 28.4. The monoisotopic (exact) mass is 284 g/mol. The lowest BCUT2D eigenvalue weighted by atomic mass is 10.3. The quantitative estimate of drug-likeness (QED) is 0.844. The van der Waals surface area contributed by atoms with Crippen molar-refractivity contribution in [2.45, 2.75) is 28.9 Å². The van der Waals surface area contributed by atoms with Crippen LogP contribution in [0.4, 0.5) is 14.5 Å². The Morgan fingerprint density at radius 2 is 2.16 bits per heavy atom. The van der Waals surface area contributed by atoms with Crippen LogP contribution >= 0.6 is 11.8 Å². The maximum atomic E-state index is 13.7. The van der Waals surface area contributed by atoms with Crippen molar-refractivity contribution in [3.63, 3.8) is 0 Å². The van der Waals surface area contributed by atoms with Crippen molar-refractivity contribution in [3.8, 4) is 0 Å². The predicted octanol–water partition coefficient (Wildman–Crippen LogP) is 1.92. The molecule has 1 aliphatic carbocycles. The van der Waals surface area contributed by atoms with Crippen LogP contribution in [0.3, 0.4) is 0 Å². The van der Waals surface area contributed by atoms with Gasteiger partial charge in [-0.15, -0.1) is 5.10 Å². The van der Waals surface area contributed by atoms with Gasteiger partial charge in [0.1, 0.15) is 0 Å². The number of nitrogens with two attached hydrogens (primary N) is 1. The van der Waals surface area contributed by atoms with Crippen LogP contribution in [0.5, 0.6) is 0 Å². The minimum atomic E-state index is -1.03. The van der Waals surface area contributed by atoms with Gasteiger partial charge in [-0.25, -0.2) is 18.7 Å². The van der Waals surface area contributed by atoms with Gasteiger partial charge in [-0.2, -0.15) is 0 Å². The SMILES string of the molecule is Nc1ccc(F)c(F)c1Sc1n[nH]c(=O)n1C1CC1. The highest BCUT2D eigenvalue weighted by atomic mass is 32.2. The van der Waals surface area contributed by atoms with Crippen molar-refractivity contribution in [1.29, 1.82) is 0 Å². The minimum absolute atomic E-state index is 0.0547. The smallest absolute Gasteiger partial charge is 0.344 e. The molecule has 1 aromatic carbocycles. The highest BCUT2D eigenvalue weighted by molar-refractivity contribution is 7.99. The third-order valence-corrected chi connectivity index (χ3v) is 3.95. The topological polar surface area (TPSA) is 76.7 Å². The molecule has 1 aromatic heterocycles. The number of benzene rings is 1. The first-order valence-electron chi connectivity index (χ1n) is 5.66. The second-order valence-electron chi connectivity index (χ2n) is 4.29. The average Bonchev–Trinajstić information content (AvgIpc) is 3.15. The Morgan fingerprint density at radius 1 is 1.42 bits per heavy atom. The number of nitrogen functional groups attached to an aromatic ring is 1. The molecule has 5 nitrogen and oxygen atoms in total. The molecule has 1 heterocycles. The van der Waals surface area contributed by atoms with E-state index in [4.69, 9.17) is 5.73 Å². The number of nitrogens with zero attached hydrogens (tertiary/aromatic N) is 2. The summed E-state index contributed by atoms with van der Waals surface area (Å²) in [6.45, 7) is 0. The first-order chi connectivity index (χ1) is 9.08. The van der Waals surface area contributed by atoms with E-state index < -0.39 is 11.6 Å². The van der Waals surface area contributed by atoms with Crippen molar-refractivity contribution >= 4 is 17.4 Å². The predicted molar refractivity (Wildman–Crippen MR) is 66.0 cm³/mol. The fraction of sp³-hybridized carbons (Fsp3) is 0.273. The molecular formula is C11H10F2N4OS. The molecule has 3 rings (SSSR count). The van der Waals surface area contributed by atoms with E-state index in [0.29, 0.717) is 5.16 Å². The maximum absolute atomic E-state index is 13.7. The van der Waals surface area contributed by atoms with Crippen molar-refractivity contribution < 1.29 is 8.78 Å². The van der Waals surface area contributed by atoms with Crippen LogP contribution < -0.4 is 11.4 Å². The van der Waals surface area contributed by atoms with E-state index in [9.17, 15) is 13.6 Å². The molecule has 0 unspecified atom stereocenters. The number of rotatable bonds is 3. The number of hydrogen-bond acceptors (Lipinski definition) is 4. The molecule has 1 fully saturated rings. The summed E-state index contributed by atoms with van der Waals surface area (Å²) in [4.78, 5) is 11.5. The molecular weight excluding hydrogens is 274 g/mol. The van der Waals surface area contributed by atoms with Crippen LogP contribution in [0.1, 0.15) is 18.9 Å². The largest absolute Gasteiger partial charge is 0.398 e. The van der Waals surface area contributed by atoms with Crippen LogP contribution in [-0.4, -0.2) is 14.8 Å². The molecule has 2 aromatic rings. The molecule has 8 heteroatoms. The molecule has 0 bridgehead atoms.